The first kappa shape index (κ1) is 23.4. The van der Waals surface area contributed by atoms with Gasteiger partial charge >= 0.3 is 11.8 Å². The maximum atomic E-state index is 13.2. The van der Waals surface area contributed by atoms with Crippen LogP contribution in [-0.2, 0) is 9.59 Å². The number of fused-ring (bicyclic) bond motifs is 1. The predicted molar refractivity (Wildman–Crippen MR) is 135 cm³/mol. The van der Waals surface area contributed by atoms with Crippen molar-refractivity contribution in [2.75, 3.05) is 16.1 Å². The molecule has 0 spiro atoms. The lowest BCUT2D eigenvalue weighted by Crippen LogP contribution is -2.36. The molecule has 0 unspecified atom stereocenters. The van der Waals surface area contributed by atoms with Crippen molar-refractivity contribution in [2.24, 2.45) is 0 Å². The van der Waals surface area contributed by atoms with Crippen molar-refractivity contribution >= 4 is 63.2 Å². The first-order chi connectivity index (χ1) is 16.2. The first-order valence-electron chi connectivity index (χ1n) is 10.3. The molecule has 3 aromatic carbocycles. The highest BCUT2D eigenvalue weighted by molar-refractivity contribution is 6.42. The van der Waals surface area contributed by atoms with Gasteiger partial charge < -0.3 is 10.6 Å². The monoisotopic (exact) mass is 494 g/mol. The molecule has 1 aromatic heterocycles. The molecule has 4 rings (SSSR count). The fourth-order valence-electron chi connectivity index (χ4n) is 3.54. The zero-order valence-electron chi connectivity index (χ0n) is 18.3. The van der Waals surface area contributed by atoms with Crippen LogP contribution in [0.25, 0.3) is 10.9 Å². The first-order valence-corrected chi connectivity index (χ1v) is 11.0. The molecular weight excluding hydrogens is 475 g/mol. The zero-order valence-corrected chi connectivity index (χ0v) is 19.8. The van der Waals surface area contributed by atoms with Gasteiger partial charge in [-0.2, -0.15) is 0 Å². The number of carbonyl (C=O) groups is 3. The largest absolute Gasteiger partial charge is 0.328 e. The minimum atomic E-state index is -0.955. The molecule has 0 atom stereocenters. The van der Waals surface area contributed by atoms with Crippen LogP contribution in [0.1, 0.15) is 21.6 Å². The number of benzene rings is 3. The lowest BCUT2D eigenvalue weighted by molar-refractivity contribution is -0.133. The molecule has 4 aromatic rings. The molecule has 3 amide bonds. The summed E-state index contributed by atoms with van der Waals surface area (Å²) in [4.78, 5) is 38.4. The molecule has 1 heterocycles. The molecule has 34 heavy (non-hydrogen) atoms. The van der Waals surface area contributed by atoms with Crippen LogP contribution in [0, 0.1) is 13.8 Å². The van der Waals surface area contributed by atoms with Crippen molar-refractivity contribution in [3.05, 3.63) is 93.6 Å². The molecule has 0 radical (unpaired) electrons. The zero-order chi connectivity index (χ0) is 24.4. The number of nitrogens with zero attached hydrogens (tertiary/aromatic N) is 1. The van der Waals surface area contributed by atoms with Gasteiger partial charge in [-0.25, -0.2) is 4.68 Å². The summed E-state index contributed by atoms with van der Waals surface area (Å²) < 4.78 is 1.28. The third-order valence-corrected chi connectivity index (χ3v) is 5.72. The number of anilines is 2. The van der Waals surface area contributed by atoms with E-state index in [1.807, 2.05) is 32.0 Å². The molecule has 3 N–H and O–H groups in total. The van der Waals surface area contributed by atoms with E-state index in [1.165, 1.54) is 4.68 Å². The van der Waals surface area contributed by atoms with E-state index in [0.29, 0.717) is 32.3 Å². The van der Waals surface area contributed by atoms with Crippen molar-refractivity contribution in [3.63, 3.8) is 0 Å². The molecule has 0 saturated carbocycles. The molecule has 0 bridgehead atoms. The summed E-state index contributed by atoms with van der Waals surface area (Å²) in [5, 5.41) is 6.99. The lowest BCUT2D eigenvalue weighted by Gasteiger charge is -2.14. The van der Waals surface area contributed by atoms with Gasteiger partial charge in [-0.1, -0.05) is 41.4 Å². The topological polar surface area (TPSA) is 92.2 Å². The standard InChI is InChI=1S/C25H20Cl2N4O3/c1-14-4-3-5-15(2)22(14)29-23(32)21-13-16-12-18(27)8-11-20(16)31(21)30-25(34)24(33)28-19-9-6-17(26)7-10-19/h3-13H,1-2H3,(H,28,33)(H,29,32)(H,30,34). The number of hydrogen-bond acceptors (Lipinski definition) is 3. The number of amides is 3. The Labute approximate surface area is 205 Å². The summed E-state index contributed by atoms with van der Waals surface area (Å²) >= 11 is 12.0. The number of hydrogen-bond donors (Lipinski definition) is 3. The summed E-state index contributed by atoms with van der Waals surface area (Å²) in [5.74, 6) is -2.31. The molecule has 172 valence electrons. The van der Waals surface area contributed by atoms with Crippen molar-refractivity contribution in [2.45, 2.75) is 13.8 Å². The molecular formula is C25H20Cl2N4O3. The van der Waals surface area contributed by atoms with Crippen LogP contribution >= 0.6 is 23.2 Å². The molecule has 0 saturated heterocycles. The minimum absolute atomic E-state index is 0.132. The molecule has 0 aliphatic heterocycles. The highest BCUT2D eigenvalue weighted by atomic mass is 35.5. The fraction of sp³-hybridized carbons (Fsp3) is 0.0800. The number of aryl methyl sites for hydroxylation is 2. The van der Waals surface area contributed by atoms with Gasteiger partial charge in [-0.3, -0.25) is 19.8 Å². The van der Waals surface area contributed by atoms with Gasteiger partial charge in [0.2, 0.25) is 0 Å². The molecule has 0 aliphatic rings. The maximum Gasteiger partial charge on any atom is 0.328 e. The van der Waals surface area contributed by atoms with Gasteiger partial charge in [0.25, 0.3) is 5.91 Å². The minimum Gasteiger partial charge on any atom is -0.320 e. The maximum absolute atomic E-state index is 13.2. The Morgan fingerprint density at radius 3 is 2.09 bits per heavy atom. The molecule has 9 heteroatoms. The Morgan fingerprint density at radius 2 is 1.41 bits per heavy atom. The van der Waals surface area contributed by atoms with Crippen LogP contribution in [0.2, 0.25) is 10.0 Å². The van der Waals surface area contributed by atoms with Crippen molar-refractivity contribution < 1.29 is 14.4 Å². The SMILES string of the molecule is Cc1cccc(C)c1NC(=O)c1cc2cc(Cl)ccc2n1NC(=O)C(=O)Nc1ccc(Cl)cc1. The Balaban J connectivity index is 1.65. The van der Waals surface area contributed by atoms with Crippen LogP contribution < -0.4 is 16.1 Å². The third kappa shape index (κ3) is 4.90. The van der Waals surface area contributed by atoms with E-state index < -0.39 is 17.7 Å². The second kappa shape index (κ2) is 9.59. The molecule has 0 fully saturated rings. The fourth-order valence-corrected chi connectivity index (χ4v) is 3.84. The number of para-hydroxylation sites is 1. The van der Waals surface area contributed by atoms with Gasteiger partial charge in [0.15, 0.2) is 0 Å². The Morgan fingerprint density at radius 1 is 0.765 bits per heavy atom. The van der Waals surface area contributed by atoms with Crippen LogP contribution in [-0.4, -0.2) is 22.4 Å². The van der Waals surface area contributed by atoms with E-state index in [0.717, 1.165) is 11.1 Å². The van der Waals surface area contributed by atoms with E-state index in [-0.39, 0.29) is 5.69 Å². The van der Waals surface area contributed by atoms with Gasteiger partial charge in [-0.15, -0.1) is 0 Å². The summed E-state index contributed by atoms with van der Waals surface area (Å²) in [6.07, 6.45) is 0. The lowest BCUT2D eigenvalue weighted by atomic mass is 10.1. The predicted octanol–water partition coefficient (Wildman–Crippen LogP) is 5.53. The van der Waals surface area contributed by atoms with Gasteiger partial charge in [0.05, 0.1) is 5.52 Å². The van der Waals surface area contributed by atoms with E-state index in [1.54, 1.807) is 48.5 Å². The summed E-state index contributed by atoms with van der Waals surface area (Å²) in [6.45, 7) is 3.78. The van der Waals surface area contributed by atoms with Crippen molar-refractivity contribution in [1.29, 1.82) is 0 Å². The van der Waals surface area contributed by atoms with Gasteiger partial charge in [0.1, 0.15) is 5.69 Å². The van der Waals surface area contributed by atoms with Crippen LogP contribution in [0.3, 0.4) is 0 Å². The number of rotatable bonds is 4. The van der Waals surface area contributed by atoms with E-state index in [4.69, 9.17) is 23.2 Å². The highest BCUT2D eigenvalue weighted by Crippen LogP contribution is 2.25. The summed E-state index contributed by atoms with van der Waals surface area (Å²) in [7, 11) is 0. The quantitative estimate of drug-likeness (QED) is 0.326. The van der Waals surface area contributed by atoms with E-state index in [2.05, 4.69) is 16.1 Å². The van der Waals surface area contributed by atoms with Crippen molar-refractivity contribution in [1.82, 2.24) is 4.68 Å². The molecule has 0 aliphatic carbocycles. The Hall–Kier alpha value is -3.81. The number of nitrogens with one attached hydrogen (secondary N) is 3. The molecule has 7 nitrogen and oxygen atoms in total. The average molecular weight is 495 g/mol. The summed E-state index contributed by atoms with van der Waals surface area (Å²) in [5.41, 5.74) is 6.02. The average Bonchev–Trinajstić information content (AvgIpc) is 3.15. The van der Waals surface area contributed by atoms with Crippen molar-refractivity contribution in [3.8, 4) is 0 Å². The van der Waals surface area contributed by atoms with Crippen LogP contribution in [0.15, 0.2) is 66.7 Å². The second-order valence-corrected chi connectivity index (χ2v) is 8.56. The second-order valence-electron chi connectivity index (χ2n) is 7.69. The van der Waals surface area contributed by atoms with E-state index in [9.17, 15) is 14.4 Å². The Bertz CT molecular complexity index is 1410. The third-order valence-electron chi connectivity index (χ3n) is 5.24. The van der Waals surface area contributed by atoms with Crippen LogP contribution in [0.4, 0.5) is 11.4 Å². The van der Waals surface area contributed by atoms with Crippen LogP contribution in [0.5, 0.6) is 0 Å². The highest BCUT2D eigenvalue weighted by Gasteiger charge is 2.22. The van der Waals surface area contributed by atoms with E-state index >= 15 is 0 Å². The number of halogens is 2. The summed E-state index contributed by atoms with van der Waals surface area (Å²) in [6, 6.07) is 18.6. The smallest absolute Gasteiger partial charge is 0.320 e. The normalized spacial score (nSPS) is 10.7. The Kier molecular flexibility index (Phi) is 6.58. The van der Waals surface area contributed by atoms with Gasteiger partial charge in [-0.05, 0) is 73.5 Å². The number of carbonyl (C=O) groups excluding carboxylic acids is 3. The number of aromatic nitrogens is 1. The van der Waals surface area contributed by atoms with Gasteiger partial charge in [0, 0.05) is 26.8 Å².